The van der Waals surface area contributed by atoms with Crippen molar-refractivity contribution in [3.63, 3.8) is 0 Å². The number of hydrogen-bond acceptors (Lipinski definition) is 7. The van der Waals surface area contributed by atoms with E-state index in [0.29, 0.717) is 24.3 Å². The van der Waals surface area contributed by atoms with Crippen LogP contribution in [-0.4, -0.2) is 72.4 Å². The molecular formula is C32H37FN8O. The second kappa shape index (κ2) is 11.1. The number of halogens is 1. The Balaban J connectivity index is 0.964. The molecule has 0 unspecified atom stereocenters. The molecule has 1 N–H and O–H groups in total. The first-order valence-corrected chi connectivity index (χ1v) is 15.1. The van der Waals surface area contributed by atoms with Crippen molar-refractivity contribution < 1.29 is 9.13 Å². The SMILES string of the molecule is C[C@H]1CCCN1Cc1cc(F)cc(OC2CCN(C3CC(CC#N)(n4cc(-c5ncnc6[nH]ccc56)cn4)C3)CC2)c1. The lowest BCUT2D eigenvalue weighted by Crippen LogP contribution is -2.58. The number of nitrogens with one attached hydrogen (secondary N) is 1. The summed E-state index contributed by atoms with van der Waals surface area (Å²) in [5.41, 5.74) is 3.24. The number of likely N-dealkylation sites (tertiary alicyclic amines) is 2. The monoisotopic (exact) mass is 568 g/mol. The number of benzene rings is 1. The lowest BCUT2D eigenvalue weighted by atomic mass is 9.69. The Bertz CT molecular complexity index is 1590. The summed E-state index contributed by atoms with van der Waals surface area (Å²) in [7, 11) is 0. The molecule has 3 fully saturated rings. The van der Waals surface area contributed by atoms with Gasteiger partial charge in [-0.3, -0.25) is 14.5 Å². The third kappa shape index (κ3) is 5.16. The smallest absolute Gasteiger partial charge is 0.141 e. The van der Waals surface area contributed by atoms with E-state index in [1.807, 2.05) is 35.4 Å². The molecule has 3 aliphatic rings. The van der Waals surface area contributed by atoms with E-state index in [9.17, 15) is 9.65 Å². The molecule has 7 rings (SSSR count). The molecule has 2 aliphatic heterocycles. The van der Waals surface area contributed by atoms with E-state index in [2.05, 4.69) is 37.7 Å². The highest BCUT2D eigenvalue weighted by Crippen LogP contribution is 2.45. The highest BCUT2D eigenvalue weighted by Gasteiger charge is 2.49. The fourth-order valence-corrected chi connectivity index (χ4v) is 7.24. The van der Waals surface area contributed by atoms with Crippen molar-refractivity contribution in [1.29, 1.82) is 5.26 Å². The summed E-state index contributed by atoms with van der Waals surface area (Å²) in [5.74, 6) is 0.413. The molecule has 0 spiro atoms. The molecule has 1 atom stereocenters. The topological polar surface area (TPSA) is 98.9 Å². The van der Waals surface area contributed by atoms with Gasteiger partial charge in [-0.15, -0.1) is 0 Å². The quantitative estimate of drug-likeness (QED) is 0.310. The van der Waals surface area contributed by atoms with Gasteiger partial charge in [-0.1, -0.05) is 0 Å². The van der Waals surface area contributed by atoms with Crippen molar-refractivity contribution in [3.05, 3.63) is 60.6 Å². The largest absolute Gasteiger partial charge is 0.490 e. The first-order chi connectivity index (χ1) is 20.5. The van der Waals surface area contributed by atoms with Gasteiger partial charge in [0.25, 0.3) is 0 Å². The summed E-state index contributed by atoms with van der Waals surface area (Å²) in [5, 5.41) is 15.4. The summed E-state index contributed by atoms with van der Waals surface area (Å²) in [6.45, 7) is 5.96. The van der Waals surface area contributed by atoms with Crippen LogP contribution in [-0.2, 0) is 12.1 Å². The van der Waals surface area contributed by atoms with Gasteiger partial charge in [0, 0.05) is 61.1 Å². The lowest BCUT2D eigenvalue weighted by Gasteiger charge is -2.52. The lowest BCUT2D eigenvalue weighted by molar-refractivity contribution is -0.0207. The van der Waals surface area contributed by atoms with Gasteiger partial charge in [0.05, 0.1) is 29.9 Å². The Morgan fingerprint density at radius 2 is 2.00 bits per heavy atom. The first-order valence-electron chi connectivity index (χ1n) is 15.1. The Kier molecular flexibility index (Phi) is 7.16. The van der Waals surface area contributed by atoms with Crippen LogP contribution in [0, 0.1) is 17.1 Å². The highest BCUT2D eigenvalue weighted by molar-refractivity contribution is 5.90. The van der Waals surface area contributed by atoms with Gasteiger partial charge in [0.2, 0.25) is 0 Å². The Morgan fingerprint density at radius 1 is 1.14 bits per heavy atom. The Morgan fingerprint density at radius 3 is 2.79 bits per heavy atom. The third-order valence-electron chi connectivity index (χ3n) is 9.64. The molecule has 218 valence electrons. The van der Waals surface area contributed by atoms with Crippen molar-refractivity contribution in [2.75, 3.05) is 19.6 Å². The zero-order chi connectivity index (χ0) is 28.7. The first kappa shape index (κ1) is 27.0. The van der Waals surface area contributed by atoms with E-state index in [-0.39, 0.29) is 17.5 Å². The van der Waals surface area contributed by atoms with Gasteiger partial charge in [-0.2, -0.15) is 10.4 Å². The molecule has 9 nitrogen and oxygen atoms in total. The molecule has 3 aromatic heterocycles. The maximum atomic E-state index is 14.5. The number of aromatic amines is 1. The molecule has 1 saturated carbocycles. The van der Waals surface area contributed by atoms with Crippen LogP contribution in [0.25, 0.3) is 22.3 Å². The van der Waals surface area contributed by atoms with Gasteiger partial charge in [-0.25, -0.2) is 14.4 Å². The van der Waals surface area contributed by atoms with E-state index in [1.54, 1.807) is 12.4 Å². The summed E-state index contributed by atoms with van der Waals surface area (Å²) < 4.78 is 22.8. The average Bonchev–Trinajstić information content (AvgIpc) is 3.73. The Labute approximate surface area is 245 Å². The van der Waals surface area contributed by atoms with Crippen LogP contribution < -0.4 is 4.74 Å². The van der Waals surface area contributed by atoms with Gasteiger partial charge in [-0.05, 0) is 75.8 Å². The number of rotatable bonds is 8. The summed E-state index contributed by atoms with van der Waals surface area (Å²) in [4.78, 5) is 16.9. The highest BCUT2D eigenvalue weighted by atomic mass is 19.1. The van der Waals surface area contributed by atoms with E-state index in [1.165, 1.54) is 18.9 Å². The van der Waals surface area contributed by atoms with E-state index in [0.717, 1.165) is 79.7 Å². The molecule has 2 saturated heterocycles. The molecule has 1 aromatic carbocycles. The molecule has 5 heterocycles. The van der Waals surface area contributed by atoms with Gasteiger partial charge in [0.15, 0.2) is 0 Å². The van der Waals surface area contributed by atoms with E-state index in [4.69, 9.17) is 9.84 Å². The van der Waals surface area contributed by atoms with Crippen molar-refractivity contribution >= 4 is 11.0 Å². The molecule has 1 aliphatic carbocycles. The van der Waals surface area contributed by atoms with Crippen LogP contribution >= 0.6 is 0 Å². The molecule has 10 heteroatoms. The van der Waals surface area contributed by atoms with Crippen LogP contribution in [0.2, 0.25) is 0 Å². The summed E-state index contributed by atoms with van der Waals surface area (Å²) >= 11 is 0. The maximum absolute atomic E-state index is 14.5. The predicted molar refractivity (Wildman–Crippen MR) is 157 cm³/mol. The standard InChI is InChI=1S/C32H37FN8O/c1-22-3-2-10-40(22)19-23-13-25(33)15-28(14-23)42-27-5-11-39(12-6-27)26-16-32(17-26,7-8-34)41-20-24(18-38-41)30-29-4-9-35-31(29)37-21-36-30/h4,9,13-15,18,20-22,26-27H,2-3,5-7,10-12,16-17,19H2,1H3,(H,35,36,37)/t22-,26?,32?/m0/s1. The second-order valence-corrected chi connectivity index (χ2v) is 12.4. The fraction of sp³-hybridized carbons (Fsp3) is 0.500. The molecule has 0 bridgehead atoms. The van der Waals surface area contributed by atoms with E-state index < -0.39 is 0 Å². The Hall–Kier alpha value is -3.81. The van der Waals surface area contributed by atoms with Crippen LogP contribution in [0.4, 0.5) is 4.39 Å². The van der Waals surface area contributed by atoms with Crippen molar-refractivity contribution in [1.82, 2.24) is 34.5 Å². The number of piperidine rings is 1. The van der Waals surface area contributed by atoms with Crippen molar-refractivity contribution in [2.45, 2.75) is 82.1 Å². The molecule has 42 heavy (non-hydrogen) atoms. The molecule has 0 radical (unpaired) electrons. The van der Waals surface area contributed by atoms with Crippen molar-refractivity contribution in [3.8, 4) is 23.1 Å². The zero-order valence-corrected chi connectivity index (χ0v) is 24.0. The second-order valence-electron chi connectivity index (χ2n) is 12.4. The fourth-order valence-electron chi connectivity index (χ4n) is 7.24. The van der Waals surface area contributed by atoms with Crippen LogP contribution in [0.5, 0.6) is 5.75 Å². The number of fused-ring (bicyclic) bond motifs is 1. The maximum Gasteiger partial charge on any atom is 0.141 e. The summed E-state index contributed by atoms with van der Waals surface area (Å²) in [6, 6.07) is 10.5. The van der Waals surface area contributed by atoms with E-state index >= 15 is 0 Å². The van der Waals surface area contributed by atoms with Crippen LogP contribution in [0.15, 0.2) is 49.2 Å². The minimum atomic E-state index is -0.305. The molecule has 4 aromatic rings. The van der Waals surface area contributed by atoms with Crippen LogP contribution in [0.3, 0.4) is 0 Å². The normalized spacial score (nSPS) is 25.5. The number of nitriles is 1. The van der Waals surface area contributed by atoms with Gasteiger partial charge >= 0.3 is 0 Å². The van der Waals surface area contributed by atoms with Crippen LogP contribution in [0.1, 0.15) is 57.4 Å². The molecule has 0 amide bonds. The minimum absolute atomic E-state index is 0.0809. The minimum Gasteiger partial charge on any atom is -0.490 e. The molecular weight excluding hydrogens is 531 g/mol. The van der Waals surface area contributed by atoms with Crippen molar-refractivity contribution in [2.24, 2.45) is 0 Å². The third-order valence-corrected chi connectivity index (χ3v) is 9.64. The predicted octanol–water partition coefficient (Wildman–Crippen LogP) is 5.26. The average molecular weight is 569 g/mol. The number of ether oxygens (including phenoxy) is 1. The van der Waals surface area contributed by atoms with Gasteiger partial charge in [0.1, 0.15) is 29.6 Å². The van der Waals surface area contributed by atoms with Gasteiger partial charge < -0.3 is 9.72 Å². The zero-order valence-electron chi connectivity index (χ0n) is 24.0. The number of aromatic nitrogens is 5. The summed E-state index contributed by atoms with van der Waals surface area (Å²) in [6.07, 6.45) is 13.8. The number of nitrogens with zero attached hydrogens (tertiary/aromatic N) is 7. The number of hydrogen-bond donors (Lipinski definition) is 1. The number of H-pyrrole nitrogens is 1.